The number of aliphatic hydroxyl groups is 1. The Bertz CT molecular complexity index is 901. The first-order valence-corrected chi connectivity index (χ1v) is 12.5. The summed E-state index contributed by atoms with van der Waals surface area (Å²) >= 11 is 0. The number of ether oxygens (including phenoxy) is 2. The van der Waals surface area contributed by atoms with E-state index < -0.39 is 6.10 Å². The molecule has 0 bridgehead atoms. The van der Waals surface area contributed by atoms with Gasteiger partial charge in [0.25, 0.3) is 0 Å². The molecule has 0 saturated carbocycles. The minimum absolute atomic E-state index is 0.0501. The molecule has 0 heterocycles. The summed E-state index contributed by atoms with van der Waals surface area (Å²) in [6, 6.07) is 16.9. The second-order valence-corrected chi connectivity index (χ2v) is 10.3. The number of carbonyl (C=O) groups is 1. The zero-order chi connectivity index (χ0) is 24.6. The molecule has 0 radical (unpaired) electrons. The van der Waals surface area contributed by atoms with Gasteiger partial charge >= 0.3 is 5.97 Å². The van der Waals surface area contributed by atoms with E-state index in [9.17, 15) is 9.90 Å². The molecule has 34 heavy (non-hydrogen) atoms. The predicted molar refractivity (Wildman–Crippen MR) is 136 cm³/mol. The number of carbonyl (C=O) groups excluding carboxylic acids is 1. The van der Waals surface area contributed by atoms with Crippen molar-refractivity contribution >= 4 is 5.97 Å². The van der Waals surface area contributed by atoms with Gasteiger partial charge in [0.1, 0.15) is 0 Å². The van der Waals surface area contributed by atoms with Gasteiger partial charge in [0.2, 0.25) is 0 Å². The molecule has 2 aromatic rings. The Hall–Kier alpha value is -2.21. The summed E-state index contributed by atoms with van der Waals surface area (Å²) < 4.78 is 10.8. The molecule has 3 rings (SSSR count). The van der Waals surface area contributed by atoms with Crippen LogP contribution in [0.2, 0.25) is 0 Å². The molecule has 2 atom stereocenters. The standard InChI is InChI=1S/C29H41NO4/c1-21(27-14-8-7-10-23(27)13-9-15-28(32)33-4)34-20-26(31)19-30-29(2,3)18-22-16-24-11-5-6-12-25(24)17-22/h5-8,10-12,14,21-22,26,30-31H,9,13,15-20H2,1-4H3/t21-,26-/m1/s1. The lowest BCUT2D eigenvalue weighted by Gasteiger charge is -2.31. The molecule has 186 valence electrons. The first kappa shape index (κ1) is 26.4. The molecular formula is C29H41NO4. The highest BCUT2D eigenvalue weighted by atomic mass is 16.5. The third-order valence-corrected chi connectivity index (χ3v) is 6.84. The number of aryl methyl sites for hydroxylation is 1. The fourth-order valence-corrected chi connectivity index (χ4v) is 5.07. The number of methoxy groups -OCH3 is 1. The number of nitrogens with one attached hydrogen (secondary N) is 1. The molecule has 0 amide bonds. The predicted octanol–water partition coefficient (Wildman–Crippen LogP) is 4.79. The maximum Gasteiger partial charge on any atom is 0.305 e. The Labute approximate surface area is 204 Å². The smallest absolute Gasteiger partial charge is 0.305 e. The van der Waals surface area contributed by atoms with E-state index in [4.69, 9.17) is 9.47 Å². The second kappa shape index (κ2) is 12.5. The van der Waals surface area contributed by atoms with E-state index in [2.05, 4.69) is 55.6 Å². The largest absolute Gasteiger partial charge is 0.469 e. The Kier molecular flexibility index (Phi) is 9.69. The van der Waals surface area contributed by atoms with Crippen LogP contribution in [-0.2, 0) is 33.5 Å². The SMILES string of the molecule is COC(=O)CCCc1ccccc1[C@@H](C)OC[C@H](O)CNC(C)(C)CC1Cc2ccccc2C1. The molecule has 0 aromatic heterocycles. The molecule has 0 unspecified atom stereocenters. The number of esters is 1. The highest BCUT2D eigenvalue weighted by Gasteiger charge is 2.28. The monoisotopic (exact) mass is 467 g/mol. The average molecular weight is 468 g/mol. The number of hydrogen-bond acceptors (Lipinski definition) is 5. The molecule has 2 N–H and O–H groups in total. The van der Waals surface area contributed by atoms with Crippen molar-refractivity contribution in [2.24, 2.45) is 5.92 Å². The van der Waals surface area contributed by atoms with Crippen LogP contribution in [-0.4, -0.2) is 43.0 Å². The summed E-state index contributed by atoms with van der Waals surface area (Å²) in [5.41, 5.74) is 5.19. The van der Waals surface area contributed by atoms with Crippen molar-refractivity contribution in [2.45, 2.75) is 77.0 Å². The molecule has 5 heteroatoms. The number of β-amino-alcohol motifs (C(OH)–C–C–N with tert-alkyl or cyclic N) is 1. The lowest BCUT2D eigenvalue weighted by Crippen LogP contribution is -2.45. The Morgan fingerprint density at radius 3 is 2.44 bits per heavy atom. The van der Waals surface area contributed by atoms with E-state index in [-0.39, 0.29) is 24.2 Å². The highest BCUT2D eigenvalue weighted by molar-refractivity contribution is 5.69. The van der Waals surface area contributed by atoms with Gasteiger partial charge in [0.05, 0.1) is 25.9 Å². The van der Waals surface area contributed by atoms with Crippen LogP contribution in [0.1, 0.15) is 68.4 Å². The van der Waals surface area contributed by atoms with Crippen molar-refractivity contribution in [3.05, 3.63) is 70.8 Å². The number of fused-ring (bicyclic) bond motifs is 1. The van der Waals surface area contributed by atoms with E-state index in [0.29, 0.717) is 18.9 Å². The van der Waals surface area contributed by atoms with Gasteiger partial charge in [0, 0.05) is 18.5 Å². The van der Waals surface area contributed by atoms with Crippen molar-refractivity contribution < 1.29 is 19.4 Å². The van der Waals surface area contributed by atoms with E-state index in [1.54, 1.807) is 0 Å². The molecule has 0 fully saturated rings. The quantitative estimate of drug-likeness (QED) is 0.415. The number of aliphatic hydroxyl groups excluding tert-OH is 1. The zero-order valence-corrected chi connectivity index (χ0v) is 21.2. The molecule has 0 spiro atoms. The maximum atomic E-state index is 11.4. The maximum absolute atomic E-state index is 11.4. The third kappa shape index (κ3) is 7.93. The molecule has 2 aromatic carbocycles. The van der Waals surface area contributed by atoms with Crippen LogP contribution in [0, 0.1) is 5.92 Å². The first-order chi connectivity index (χ1) is 16.3. The lowest BCUT2D eigenvalue weighted by molar-refractivity contribution is -0.140. The van der Waals surface area contributed by atoms with Crippen LogP contribution in [0.3, 0.4) is 0 Å². The van der Waals surface area contributed by atoms with Crippen LogP contribution in [0.4, 0.5) is 0 Å². The normalized spacial score (nSPS) is 15.7. The van der Waals surface area contributed by atoms with Crippen LogP contribution in [0.5, 0.6) is 0 Å². The third-order valence-electron chi connectivity index (χ3n) is 6.84. The van der Waals surface area contributed by atoms with Crippen LogP contribution < -0.4 is 5.32 Å². The average Bonchev–Trinajstić information content (AvgIpc) is 3.23. The summed E-state index contributed by atoms with van der Waals surface area (Å²) in [6.07, 6.45) is 4.60. The van der Waals surface area contributed by atoms with Crippen LogP contribution >= 0.6 is 0 Å². The summed E-state index contributed by atoms with van der Waals surface area (Å²) in [7, 11) is 1.42. The van der Waals surface area contributed by atoms with Gasteiger partial charge in [-0.1, -0.05) is 48.5 Å². The minimum atomic E-state index is -0.575. The van der Waals surface area contributed by atoms with Crippen molar-refractivity contribution in [3.63, 3.8) is 0 Å². The second-order valence-electron chi connectivity index (χ2n) is 10.3. The van der Waals surface area contributed by atoms with Gasteiger partial charge in [-0.25, -0.2) is 0 Å². The number of rotatable bonds is 13. The molecule has 1 aliphatic carbocycles. The van der Waals surface area contributed by atoms with Gasteiger partial charge in [-0.2, -0.15) is 0 Å². The van der Waals surface area contributed by atoms with Crippen LogP contribution in [0.15, 0.2) is 48.5 Å². The summed E-state index contributed by atoms with van der Waals surface area (Å²) in [6.45, 7) is 7.23. The van der Waals surface area contributed by atoms with Crippen LogP contribution in [0.25, 0.3) is 0 Å². The van der Waals surface area contributed by atoms with Crippen molar-refractivity contribution in [3.8, 4) is 0 Å². The molecule has 0 aliphatic heterocycles. The van der Waals surface area contributed by atoms with E-state index >= 15 is 0 Å². The molecule has 1 aliphatic rings. The van der Waals surface area contributed by atoms with Gasteiger partial charge in [-0.15, -0.1) is 0 Å². The van der Waals surface area contributed by atoms with Gasteiger partial charge < -0.3 is 19.9 Å². The Morgan fingerprint density at radius 2 is 1.76 bits per heavy atom. The molecule has 0 saturated heterocycles. The van der Waals surface area contributed by atoms with E-state index in [0.717, 1.165) is 37.7 Å². The fourth-order valence-electron chi connectivity index (χ4n) is 5.07. The summed E-state index contributed by atoms with van der Waals surface area (Å²) in [4.78, 5) is 11.4. The minimum Gasteiger partial charge on any atom is -0.469 e. The van der Waals surface area contributed by atoms with E-state index in [1.165, 1.54) is 23.8 Å². The number of benzene rings is 2. The highest BCUT2D eigenvalue weighted by Crippen LogP contribution is 2.32. The first-order valence-electron chi connectivity index (χ1n) is 12.5. The molecular weight excluding hydrogens is 426 g/mol. The van der Waals surface area contributed by atoms with E-state index in [1.807, 2.05) is 19.1 Å². The Balaban J connectivity index is 1.41. The Morgan fingerprint density at radius 1 is 1.12 bits per heavy atom. The lowest BCUT2D eigenvalue weighted by atomic mass is 9.88. The fraction of sp³-hybridized carbons (Fsp3) is 0.552. The molecule has 5 nitrogen and oxygen atoms in total. The van der Waals surface area contributed by atoms with Crippen molar-refractivity contribution in [2.75, 3.05) is 20.3 Å². The summed E-state index contributed by atoms with van der Waals surface area (Å²) in [5.74, 6) is 0.460. The zero-order valence-electron chi connectivity index (χ0n) is 21.2. The van der Waals surface area contributed by atoms with Gasteiger partial charge in [-0.3, -0.25) is 4.79 Å². The van der Waals surface area contributed by atoms with Gasteiger partial charge in [-0.05, 0) is 81.0 Å². The van der Waals surface area contributed by atoms with Crippen molar-refractivity contribution in [1.82, 2.24) is 5.32 Å². The van der Waals surface area contributed by atoms with Gasteiger partial charge in [0.15, 0.2) is 0 Å². The topological polar surface area (TPSA) is 67.8 Å². The number of hydrogen-bond donors (Lipinski definition) is 2. The summed E-state index contributed by atoms with van der Waals surface area (Å²) in [5, 5.41) is 14.1. The van der Waals surface area contributed by atoms with Crippen molar-refractivity contribution in [1.29, 1.82) is 0 Å².